The highest BCUT2D eigenvalue weighted by molar-refractivity contribution is 5.97. The van der Waals surface area contributed by atoms with Gasteiger partial charge in [0.25, 0.3) is 5.91 Å². The van der Waals surface area contributed by atoms with Crippen molar-refractivity contribution in [2.45, 2.75) is 44.6 Å². The highest BCUT2D eigenvalue weighted by atomic mass is 19.1. The first-order chi connectivity index (χ1) is 15.0. The minimum Gasteiger partial charge on any atom is -0.357 e. The Balaban J connectivity index is 1.50. The van der Waals surface area contributed by atoms with E-state index in [9.17, 15) is 18.8 Å². The monoisotopic (exact) mass is 427 g/mol. The van der Waals surface area contributed by atoms with Crippen LogP contribution in [0.25, 0.3) is 5.69 Å². The predicted octanol–water partition coefficient (Wildman–Crippen LogP) is 1.36. The Morgan fingerprint density at radius 3 is 2.61 bits per heavy atom. The molecule has 8 nitrogen and oxygen atoms in total. The molecule has 2 aliphatic rings. The van der Waals surface area contributed by atoms with Crippen LogP contribution in [-0.4, -0.2) is 58.6 Å². The normalized spacial score (nSPS) is 17.9. The molecule has 1 saturated heterocycles. The van der Waals surface area contributed by atoms with Gasteiger partial charge in [-0.2, -0.15) is 5.10 Å². The van der Waals surface area contributed by atoms with E-state index in [0.717, 1.165) is 43.4 Å². The highest BCUT2D eigenvalue weighted by Crippen LogP contribution is 2.27. The first-order valence-electron chi connectivity index (χ1n) is 10.7. The summed E-state index contributed by atoms with van der Waals surface area (Å²) in [5.41, 5.74) is 2.83. The lowest BCUT2D eigenvalue weighted by molar-refractivity contribution is -0.137. The maximum Gasteiger partial charge on any atom is 0.272 e. The number of likely N-dealkylation sites (N-methyl/N-ethyl adjacent to an activating group) is 1. The van der Waals surface area contributed by atoms with Crippen LogP contribution in [0.5, 0.6) is 0 Å². The van der Waals surface area contributed by atoms with Gasteiger partial charge in [-0.15, -0.1) is 0 Å². The van der Waals surface area contributed by atoms with Crippen LogP contribution in [0.3, 0.4) is 0 Å². The zero-order valence-electron chi connectivity index (χ0n) is 17.5. The molecule has 0 saturated carbocycles. The van der Waals surface area contributed by atoms with Crippen LogP contribution < -0.4 is 10.6 Å². The third-order valence-electron chi connectivity index (χ3n) is 5.99. The van der Waals surface area contributed by atoms with E-state index in [4.69, 9.17) is 0 Å². The molecule has 0 bridgehead atoms. The summed E-state index contributed by atoms with van der Waals surface area (Å²) in [4.78, 5) is 39.0. The van der Waals surface area contributed by atoms with E-state index < -0.39 is 11.9 Å². The van der Waals surface area contributed by atoms with E-state index in [1.165, 1.54) is 17.0 Å². The van der Waals surface area contributed by atoms with Gasteiger partial charge in [0.1, 0.15) is 11.9 Å². The summed E-state index contributed by atoms with van der Waals surface area (Å²) in [6.45, 7) is 0.311. The Morgan fingerprint density at radius 2 is 1.87 bits per heavy atom. The molecule has 4 rings (SSSR count). The maximum atomic E-state index is 13.3. The molecule has 9 heteroatoms. The van der Waals surface area contributed by atoms with Gasteiger partial charge in [0.15, 0.2) is 5.69 Å². The third kappa shape index (κ3) is 4.17. The number of fused-ring (bicyclic) bond motifs is 1. The Bertz CT molecular complexity index is 1000. The molecule has 0 radical (unpaired) electrons. The molecule has 1 aliphatic heterocycles. The van der Waals surface area contributed by atoms with Crippen molar-refractivity contribution in [3.05, 3.63) is 47.0 Å². The van der Waals surface area contributed by atoms with E-state index in [1.807, 2.05) is 0 Å². The van der Waals surface area contributed by atoms with Crippen LogP contribution in [-0.2, 0) is 22.4 Å². The summed E-state index contributed by atoms with van der Waals surface area (Å²) in [5.74, 6) is -1.23. The average Bonchev–Trinajstić information content (AvgIpc) is 3.43. The van der Waals surface area contributed by atoms with Crippen LogP contribution in [0.15, 0.2) is 24.3 Å². The Morgan fingerprint density at radius 1 is 1.13 bits per heavy atom. The van der Waals surface area contributed by atoms with Gasteiger partial charge in [0.2, 0.25) is 11.8 Å². The molecular formula is C22H26FN5O3. The van der Waals surface area contributed by atoms with E-state index in [1.54, 1.807) is 23.9 Å². The molecule has 1 unspecified atom stereocenters. The molecule has 1 atom stereocenters. The topological polar surface area (TPSA) is 96.3 Å². The van der Waals surface area contributed by atoms with Gasteiger partial charge in [-0.05, 0) is 62.8 Å². The number of amides is 3. The number of likely N-dealkylation sites (tertiary alicyclic amines) is 1. The van der Waals surface area contributed by atoms with Crippen molar-refractivity contribution in [2.24, 2.45) is 0 Å². The fourth-order valence-corrected chi connectivity index (χ4v) is 4.42. The summed E-state index contributed by atoms with van der Waals surface area (Å²) in [6, 6.07) is 5.51. The molecule has 1 aromatic heterocycles. The van der Waals surface area contributed by atoms with Gasteiger partial charge < -0.3 is 15.5 Å². The van der Waals surface area contributed by atoms with Crippen LogP contribution >= 0.6 is 0 Å². The summed E-state index contributed by atoms with van der Waals surface area (Å²) < 4.78 is 15.0. The first kappa shape index (κ1) is 21.0. The number of benzene rings is 1. The fraction of sp³-hybridized carbons (Fsp3) is 0.455. The van der Waals surface area contributed by atoms with E-state index in [-0.39, 0.29) is 24.2 Å². The lowest BCUT2D eigenvalue weighted by Gasteiger charge is -2.23. The van der Waals surface area contributed by atoms with Crippen LogP contribution in [0.4, 0.5) is 4.39 Å². The first-order valence-corrected chi connectivity index (χ1v) is 10.7. The van der Waals surface area contributed by atoms with Crippen molar-refractivity contribution in [3.8, 4) is 5.69 Å². The van der Waals surface area contributed by atoms with Crippen LogP contribution in [0.2, 0.25) is 0 Å². The van der Waals surface area contributed by atoms with Crippen molar-refractivity contribution in [1.82, 2.24) is 25.3 Å². The van der Waals surface area contributed by atoms with Crippen molar-refractivity contribution < 1.29 is 18.8 Å². The zero-order chi connectivity index (χ0) is 22.0. The van der Waals surface area contributed by atoms with Crippen LogP contribution in [0.1, 0.15) is 47.4 Å². The van der Waals surface area contributed by atoms with Crippen molar-refractivity contribution >= 4 is 17.7 Å². The molecule has 3 amide bonds. The van der Waals surface area contributed by atoms with Crippen molar-refractivity contribution in [2.75, 3.05) is 20.1 Å². The molecule has 1 fully saturated rings. The molecule has 31 heavy (non-hydrogen) atoms. The summed E-state index contributed by atoms with van der Waals surface area (Å²) >= 11 is 0. The van der Waals surface area contributed by atoms with Crippen molar-refractivity contribution in [3.63, 3.8) is 0 Å². The zero-order valence-corrected chi connectivity index (χ0v) is 17.5. The minimum absolute atomic E-state index is 0.190. The standard InChI is InChI=1S/C22H26FN5O3/c1-24-21(30)18-7-4-12-27(18)19(29)13-25-22(31)20-16-5-2-3-6-17(16)28(26-20)15-10-8-14(23)9-11-15/h8-11,18H,2-7,12-13H2,1H3,(H,24,30)(H,25,31). The number of aromatic nitrogens is 2. The molecular weight excluding hydrogens is 401 g/mol. The molecule has 164 valence electrons. The quantitative estimate of drug-likeness (QED) is 0.753. The number of hydrogen-bond donors (Lipinski definition) is 2. The molecule has 2 aromatic rings. The van der Waals surface area contributed by atoms with Gasteiger partial charge in [-0.25, -0.2) is 9.07 Å². The second-order valence-corrected chi connectivity index (χ2v) is 7.91. The highest BCUT2D eigenvalue weighted by Gasteiger charge is 2.34. The van der Waals surface area contributed by atoms with Gasteiger partial charge >= 0.3 is 0 Å². The SMILES string of the molecule is CNC(=O)C1CCCN1C(=O)CNC(=O)c1nn(-c2ccc(F)cc2)c2c1CCCC2. The number of halogens is 1. The Hall–Kier alpha value is -3.23. The smallest absolute Gasteiger partial charge is 0.272 e. The average molecular weight is 427 g/mol. The Kier molecular flexibility index (Phi) is 6.01. The number of carbonyl (C=O) groups excluding carboxylic acids is 3. The predicted molar refractivity (Wildman–Crippen MR) is 111 cm³/mol. The lowest BCUT2D eigenvalue weighted by Crippen LogP contribution is -2.48. The van der Waals surface area contributed by atoms with Gasteiger partial charge in [0.05, 0.1) is 12.2 Å². The summed E-state index contributed by atoms with van der Waals surface area (Å²) in [6.07, 6.45) is 4.85. The van der Waals surface area contributed by atoms with Gasteiger partial charge in [-0.3, -0.25) is 14.4 Å². The molecule has 2 N–H and O–H groups in total. The number of nitrogens with one attached hydrogen (secondary N) is 2. The summed E-state index contributed by atoms with van der Waals surface area (Å²) in [5, 5.41) is 9.78. The lowest BCUT2D eigenvalue weighted by atomic mass is 9.95. The third-order valence-corrected chi connectivity index (χ3v) is 5.99. The molecule has 1 aliphatic carbocycles. The maximum absolute atomic E-state index is 13.3. The second-order valence-electron chi connectivity index (χ2n) is 7.91. The number of rotatable bonds is 5. The number of nitrogens with zero attached hydrogens (tertiary/aromatic N) is 3. The molecule has 1 aromatic carbocycles. The van der Waals surface area contributed by atoms with E-state index >= 15 is 0 Å². The van der Waals surface area contributed by atoms with Gasteiger partial charge in [-0.1, -0.05) is 0 Å². The fourth-order valence-electron chi connectivity index (χ4n) is 4.42. The van der Waals surface area contributed by atoms with E-state index in [0.29, 0.717) is 24.3 Å². The van der Waals surface area contributed by atoms with Crippen LogP contribution in [0, 0.1) is 5.82 Å². The van der Waals surface area contributed by atoms with Gasteiger partial charge in [0, 0.05) is 24.8 Å². The minimum atomic E-state index is -0.486. The van der Waals surface area contributed by atoms with E-state index in [2.05, 4.69) is 15.7 Å². The number of carbonyl (C=O) groups is 3. The van der Waals surface area contributed by atoms with Crippen molar-refractivity contribution in [1.29, 1.82) is 0 Å². The Labute approximate surface area is 179 Å². The molecule has 2 heterocycles. The number of hydrogen-bond acceptors (Lipinski definition) is 4. The largest absolute Gasteiger partial charge is 0.357 e. The summed E-state index contributed by atoms with van der Waals surface area (Å²) in [7, 11) is 1.55. The molecule has 0 spiro atoms. The second kappa shape index (κ2) is 8.87.